The lowest BCUT2D eigenvalue weighted by Crippen LogP contribution is -2.52. The molecule has 0 aromatic carbocycles. The summed E-state index contributed by atoms with van der Waals surface area (Å²) in [6.07, 6.45) is 11.7. The second kappa shape index (κ2) is 14.9. The average molecular weight is 551 g/mol. The highest BCUT2D eigenvalue weighted by atomic mass is 127. The first kappa shape index (κ1) is 27.1. The molecule has 2 unspecified atom stereocenters. The van der Waals surface area contributed by atoms with Gasteiger partial charge in [-0.3, -0.25) is 9.89 Å². The number of piperidine rings is 1. The Bertz CT molecular complexity index is 496. The third kappa shape index (κ3) is 8.31. The fourth-order valence-electron chi connectivity index (χ4n) is 5.44. The van der Waals surface area contributed by atoms with Crippen molar-refractivity contribution in [2.45, 2.75) is 89.9 Å². The normalized spacial score (nSPS) is 25.0. The van der Waals surface area contributed by atoms with Gasteiger partial charge in [0.2, 0.25) is 0 Å². The van der Waals surface area contributed by atoms with Crippen LogP contribution in [0.1, 0.15) is 71.6 Å². The third-order valence-electron chi connectivity index (χ3n) is 7.42. The Morgan fingerprint density at radius 1 is 1.03 bits per heavy atom. The van der Waals surface area contributed by atoms with E-state index in [1.807, 2.05) is 7.05 Å². The van der Waals surface area contributed by atoms with Crippen LogP contribution in [0, 0.1) is 5.92 Å². The summed E-state index contributed by atoms with van der Waals surface area (Å²) >= 11 is 0. The lowest BCUT2D eigenvalue weighted by Gasteiger charge is -2.37. The van der Waals surface area contributed by atoms with Crippen LogP contribution in [0.15, 0.2) is 4.99 Å². The minimum absolute atomic E-state index is 0. The van der Waals surface area contributed by atoms with Crippen LogP contribution in [0.4, 0.5) is 0 Å². The highest BCUT2D eigenvalue weighted by molar-refractivity contribution is 14.0. The topological polar surface area (TPSA) is 49.3 Å². The molecule has 0 amide bonds. The molecule has 3 saturated heterocycles. The Morgan fingerprint density at radius 2 is 1.74 bits per heavy atom. The number of nitrogens with one attached hydrogen (secondary N) is 1. The lowest BCUT2D eigenvalue weighted by molar-refractivity contribution is -0.0721. The van der Waals surface area contributed by atoms with Gasteiger partial charge in [-0.15, -0.1) is 24.0 Å². The zero-order chi connectivity index (χ0) is 21.2. The first-order chi connectivity index (χ1) is 14.7. The van der Waals surface area contributed by atoms with E-state index in [2.05, 4.69) is 34.0 Å². The summed E-state index contributed by atoms with van der Waals surface area (Å²) in [7, 11) is 1.92. The highest BCUT2D eigenvalue weighted by Gasteiger charge is 2.29. The van der Waals surface area contributed by atoms with Gasteiger partial charge < -0.3 is 19.7 Å². The molecule has 3 aliphatic heterocycles. The van der Waals surface area contributed by atoms with E-state index in [-0.39, 0.29) is 24.0 Å². The van der Waals surface area contributed by atoms with Crippen LogP contribution >= 0.6 is 24.0 Å². The van der Waals surface area contributed by atoms with E-state index < -0.39 is 0 Å². The standard InChI is InChI=1S/C24H46N4O2.HI/c1-4-20(5-2)23(27-13-7-8-14-27)18-26-24(25-3)28-15-11-21(12-16-28)30-19-22-10-6-9-17-29-22;/h20-23H,4-19H2,1-3H3,(H,25,26);1H. The van der Waals surface area contributed by atoms with Gasteiger partial charge in [-0.1, -0.05) is 26.7 Å². The molecule has 31 heavy (non-hydrogen) atoms. The number of likely N-dealkylation sites (tertiary alicyclic amines) is 2. The Hall–Kier alpha value is -0.120. The van der Waals surface area contributed by atoms with Crippen LogP contribution < -0.4 is 5.32 Å². The number of nitrogens with zero attached hydrogens (tertiary/aromatic N) is 3. The fraction of sp³-hybridized carbons (Fsp3) is 0.958. The van der Waals surface area contributed by atoms with Crippen LogP contribution in [-0.2, 0) is 9.47 Å². The second-order valence-electron chi connectivity index (χ2n) is 9.32. The van der Waals surface area contributed by atoms with Crippen molar-refractivity contribution in [1.82, 2.24) is 15.1 Å². The Balaban J connectivity index is 0.00000341. The summed E-state index contributed by atoms with van der Waals surface area (Å²) < 4.78 is 12.0. The van der Waals surface area contributed by atoms with Gasteiger partial charge in [-0.05, 0) is 64.0 Å². The van der Waals surface area contributed by atoms with Gasteiger partial charge in [-0.2, -0.15) is 0 Å². The summed E-state index contributed by atoms with van der Waals surface area (Å²) in [6, 6.07) is 0.621. The van der Waals surface area contributed by atoms with Gasteiger partial charge >= 0.3 is 0 Å². The van der Waals surface area contributed by atoms with Crippen molar-refractivity contribution in [2.24, 2.45) is 10.9 Å². The molecule has 0 aromatic rings. The van der Waals surface area contributed by atoms with Crippen LogP contribution in [0.5, 0.6) is 0 Å². The number of guanidine groups is 1. The van der Waals surface area contributed by atoms with Crippen molar-refractivity contribution in [3.63, 3.8) is 0 Å². The average Bonchev–Trinajstić information content (AvgIpc) is 3.33. The van der Waals surface area contributed by atoms with Crippen LogP contribution in [-0.4, -0.2) is 87.0 Å². The quantitative estimate of drug-likeness (QED) is 0.266. The summed E-state index contributed by atoms with van der Waals surface area (Å²) in [5, 5.41) is 3.74. The Morgan fingerprint density at radius 3 is 2.32 bits per heavy atom. The molecule has 182 valence electrons. The van der Waals surface area contributed by atoms with Crippen molar-refractivity contribution in [3.05, 3.63) is 0 Å². The Labute approximate surface area is 207 Å². The largest absolute Gasteiger partial charge is 0.376 e. The molecule has 0 bridgehead atoms. The highest BCUT2D eigenvalue weighted by Crippen LogP contribution is 2.23. The zero-order valence-electron chi connectivity index (χ0n) is 20.2. The molecule has 7 heteroatoms. The van der Waals surface area contributed by atoms with Gasteiger partial charge in [0.15, 0.2) is 5.96 Å². The first-order valence-electron chi connectivity index (χ1n) is 12.7. The van der Waals surface area contributed by atoms with Crippen LogP contribution in [0.25, 0.3) is 0 Å². The van der Waals surface area contributed by atoms with E-state index in [4.69, 9.17) is 9.47 Å². The SMILES string of the molecule is CCC(CC)C(CNC(=NC)N1CCC(OCC2CCCCO2)CC1)N1CCCC1.I. The number of aliphatic imine (C=N–C) groups is 1. The van der Waals surface area contributed by atoms with E-state index >= 15 is 0 Å². The molecule has 0 aromatic heterocycles. The van der Waals surface area contributed by atoms with E-state index in [9.17, 15) is 0 Å². The number of rotatable bonds is 9. The van der Waals surface area contributed by atoms with E-state index in [1.165, 1.54) is 51.6 Å². The van der Waals surface area contributed by atoms with E-state index in [1.54, 1.807) is 0 Å². The first-order valence-corrected chi connectivity index (χ1v) is 12.7. The summed E-state index contributed by atoms with van der Waals surface area (Å²) in [5.41, 5.74) is 0. The predicted octanol–water partition coefficient (Wildman–Crippen LogP) is 4.13. The summed E-state index contributed by atoms with van der Waals surface area (Å²) in [6.45, 7) is 11.9. The molecule has 0 radical (unpaired) electrons. The van der Waals surface area contributed by atoms with Crippen molar-refractivity contribution < 1.29 is 9.47 Å². The van der Waals surface area contributed by atoms with Gasteiger partial charge in [0.25, 0.3) is 0 Å². The number of hydrogen-bond acceptors (Lipinski definition) is 4. The van der Waals surface area contributed by atoms with Crippen LogP contribution in [0.3, 0.4) is 0 Å². The molecule has 3 fully saturated rings. The van der Waals surface area contributed by atoms with Crippen molar-refractivity contribution in [3.8, 4) is 0 Å². The smallest absolute Gasteiger partial charge is 0.193 e. The van der Waals surface area contributed by atoms with E-state index in [0.717, 1.165) is 64.0 Å². The lowest BCUT2D eigenvalue weighted by atomic mass is 9.93. The predicted molar refractivity (Wildman–Crippen MR) is 140 cm³/mol. The molecule has 1 N–H and O–H groups in total. The number of hydrogen-bond donors (Lipinski definition) is 1. The third-order valence-corrected chi connectivity index (χ3v) is 7.42. The monoisotopic (exact) mass is 550 g/mol. The molecule has 6 nitrogen and oxygen atoms in total. The molecule has 0 saturated carbocycles. The minimum atomic E-state index is 0. The minimum Gasteiger partial charge on any atom is -0.376 e. The maximum atomic E-state index is 6.19. The van der Waals surface area contributed by atoms with E-state index in [0.29, 0.717) is 18.2 Å². The number of halogens is 1. The zero-order valence-corrected chi connectivity index (χ0v) is 22.5. The molecule has 3 heterocycles. The molecule has 3 aliphatic rings. The summed E-state index contributed by atoms with van der Waals surface area (Å²) in [5.74, 6) is 1.83. The number of ether oxygens (including phenoxy) is 2. The molecule has 2 atom stereocenters. The molecule has 0 spiro atoms. The second-order valence-corrected chi connectivity index (χ2v) is 9.32. The summed E-state index contributed by atoms with van der Waals surface area (Å²) in [4.78, 5) is 9.75. The molecular formula is C24H47IN4O2. The Kier molecular flexibility index (Phi) is 13.0. The van der Waals surface area contributed by atoms with Crippen molar-refractivity contribution in [2.75, 3.05) is 53.0 Å². The molecular weight excluding hydrogens is 503 g/mol. The van der Waals surface area contributed by atoms with Crippen molar-refractivity contribution >= 4 is 29.9 Å². The molecule has 3 rings (SSSR count). The van der Waals surface area contributed by atoms with Gasteiger partial charge in [0.05, 0.1) is 18.8 Å². The van der Waals surface area contributed by atoms with Crippen molar-refractivity contribution in [1.29, 1.82) is 0 Å². The molecule has 0 aliphatic carbocycles. The fourth-order valence-corrected chi connectivity index (χ4v) is 5.44. The maximum Gasteiger partial charge on any atom is 0.193 e. The van der Waals surface area contributed by atoms with Gasteiger partial charge in [0, 0.05) is 39.3 Å². The van der Waals surface area contributed by atoms with Gasteiger partial charge in [-0.25, -0.2) is 0 Å². The maximum absolute atomic E-state index is 6.19. The van der Waals surface area contributed by atoms with Crippen LogP contribution in [0.2, 0.25) is 0 Å². The van der Waals surface area contributed by atoms with Gasteiger partial charge in [0.1, 0.15) is 0 Å².